The maximum Gasteiger partial charge on any atom is 0.272 e. The average molecular weight is 700 g/mol. The van der Waals surface area contributed by atoms with Gasteiger partial charge in [-0.1, -0.05) is 35.9 Å². The first-order valence-electron chi connectivity index (χ1n) is 12.4. The van der Waals surface area contributed by atoms with Crippen molar-refractivity contribution >= 4 is 81.1 Å². The van der Waals surface area contributed by atoms with Gasteiger partial charge in [-0.3, -0.25) is 14.4 Å². The Hall–Kier alpha value is -3.67. The Balaban J connectivity index is 1.46. The Labute approximate surface area is 259 Å². The van der Waals surface area contributed by atoms with Gasteiger partial charge < -0.3 is 16.0 Å². The third-order valence-electron chi connectivity index (χ3n) is 5.72. The molecule has 41 heavy (non-hydrogen) atoms. The quantitative estimate of drug-likeness (QED) is 0.0954. The lowest BCUT2D eigenvalue weighted by Gasteiger charge is -2.14. The highest BCUT2D eigenvalue weighted by Gasteiger charge is 2.18. The van der Waals surface area contributed by atoms with Crippen molar-refractivity contribution in [2.24, 2.45) is 0 Å². The van der Waals surface area contributed by atoms with Crippen LogP contribution in [0.2, 0.25) is 5.02 Å². The van der Waals surface area contributed by atoms with Crippen LogP contribution in [0.1, 0.15) is 22.8 Å². The lowest BCUT2D eigenvalue weighted by Crippen LogP contribution is -2.30. The van der Waals surface area contributed by atoms with E-state index < -0.39 is 17.6 Å². The number of carbonyl (C=O) groups is 3. The molecule has 0 saturated carbocycles. The zero-order chi connectivity index (χ0) is 29.4. The lowest BCUT2D eigenvalue weighted by atomic mass is 10.1. The first kappa shape index (κ1) is 30.3. The standard InChI is InChI=1S/C31H24ClFIN3O3S/c1-19(29(38)35-22-12-10-21(34)11-13-22)41-24-16-14-23(15-17-24)36-31(40)28(18-25-26(32)8-5-9-27(25)33)37-30(39)20-6-3-2-4-7-20/h2-19H,1H3,(H,35,38)(H,36,40)(H,37,39)/b28-18-. The van der Waals surface area contributed by atoms with E-state index in [-0.39, 0.29) is 27.4 Å². The number of thioether (sulfide) groups is 1. The minimum Gasteiger partial charge on any atom is -0.325 e. The van der Waals surface area contributed by atoms with E-state index in [0.717, 1.165) is 14.2 Å². The molecule has 6 nitrogen and oxygen atoms in total. The molecule has 3 amide bonds. The molecule has 0 heterocycles. The van der Waals surface area contributed by atoms with Crippen LogP contribution in [0.5, 0.6) is 0 Å². The third-order valence-corrected chi connectivity index (χ3v) is 7.88. The van der Waals surface area contributed by atoms with Crippen LogP contribution in [-0.4, -0.2) is 23.0 Å². The van der Waals surface area contributed by atoms with Gasteiger partial charge in [0.1, 0.15) is 11.5 Å². The normalized spacial score (nSPS) is 11.9. The summed E-state index contributed by atoms with van der Waals surface area (Å²) >= 11 is 9.73. The second kappa shape index (κ2) is 14.3. The molecule has 0 radical (unpaired) electrons. The van der Waals surface area contributed by atoms with E-state index in [1.165, 1.54) is 36.0 Å². The van der Waals surface area contributed by atoms with Gasteiger partial charge in [-0.2, -0.15) is 0 Å². The molecule has 10 heteroatoms. The SMILES string of the molecule is CC(Sc1ccc(NC(=O)/C(=C/c2c(F)cccc2Cl)NC(=O)c2ccccc2)cc1)C(=O)Nc1ccc(I)cc1. The Kier molecular flexibility index (Phi) is 10.6. The van der Waals surface area contributed by atoms with Gasteiger partial charge in [-0.15, -0.1) is 11.8 Å². The first-order chi connectivity index (χ1) is 19.7. The predicted molar refractivity (Wildman–Crippen MR) is 171 cm³/mol. The molecule has 208 valence electrons. The van der Waals surface area contributed by atoms with E-state index in [1.54, 1.807) is 54.6 Å². The zero-order valence-electron chi connectivity index (χ0n) is 21.7. The zero-order valence-corrected chi connectivity index (χ0v) is 25.4. The van der Waals surface area contributed by atoms with Crippen molar-refractivity contribution in [3.05, 3.63) is 128 Å². The van der Waals surface area contributed by atoms with Gasteiger partial charge in [-0.25, -0.2) is 4.39 Å². The number of benzene rings is 4. The molecule has 1 unspecified atom stereocenters. The van der Waals surface area contributed by atoms with E-state index in [0.29, 0.717) is 11.3 Å². The highest BCUT2D eigenvalue weighted by atomic mass is 127. The molecule has 0 saturated heterocycles. The van der Waals surface area contributed by atoms with Crippen molar-refractivity contribution in [3.63, 3.8) is 0 Å². The Morgan fingerprint density at radius 1 is 0.854 bits per heavy atom. The summed E-state index contributed by atoms with van der Waals surface area (Å²) in [6.45, 7) is 1.81. The van der Waals surface area contributed by atoms with Crippen LogP contribution in [0.25, 0.3) is 6.08 Å². The van der Waals surface area contributed by atoms with Crippen LogP contribution < -0.4 is 16.0 Å². The molecule has 0 aliphatic heterocycles. The third kappa shape index (κ3) is 8.66. The molecular formula is C31H24ClFIN3O3S. The molecule has 4 aromatic rings. The summed E-state index contributed by atoms with van der Waals surface area (Å²) in [5.41, 5.74) is 1.27. The molecule has 4 rings (SSSR count). The van der Waals surface area contributed by atoms with E-state index in [1.807, 2.05) is 31.2 Å². The number of anilines is 2. The van der Waals surface area contributed by atoms with Crippen LogP contribution >= 0.6 is 46.0 Å². The molecular weight excluding hydrogens is 676 g/mol. The van der Waals surface area contributed by atoms with Gasteiger partial charge in [-0.05, 0) is 108 Å². The van der Waals surface area contributed by atoms with Gasteiger partial charge in [0.05, 0.1) is 10.3 Å². The smallest absolute Gasteiger partial charge is 0.272 e. The largest absolute Gasteiger partial charge is 0.325 e. The van der Waals surface area contributed by atoms with Gasteiger partial charge in [0, 0.05) is 31.0 Å². The number of carbonyl (C=O) groups excluding carboxylic acids is 3. The van der Waals surface area contributed by atoms with Crippen LogP contribution in [0, 0.1) is 9.39 Å². The average Bonchev–Trinajstić information content (AvgIpc) is 2.97. The minimum atomic E-state index is -0.667. The fourth-order valence-corrected chi connectivity index (χ4v) is 5.03. The predicted octanol–water partition coefficient (Wildman–Crippen LogP) is 7.61. The van der Waals surface area contributed by atoms with Crippen LogP contribution in [0.4, 0.5) is 15.8 Å². The van der Waals surface area contributed by atoms with E-state index >= 15 is 0 Å². The van der Waals surface area contributed by atoms with Gasteiger partial charge >= 0.3 is 0 Å². The van der Waals surface area contributed by atoms with Crippen LogP contribution in [0.3, 0.4) is 0 Å². The van der Waals surface area contributed by atoms with Crippen molar-refractivity contribution in [3.8, 4) is 0 Å². The van der Waals surface area contributed by atoms with Crippen LogP contribution in [-0.2, 0) is 9.59 Å². The van der Waals surface area contributed by atoms with Gasteiger partial charge in [0.15, 0.2) is 0 Å². The number of hydrogen-bond acceptors (Lipinski definition) is 4. The van der Waals surface area contributed by atoms with Crippen molar-refractivity contribution in [1.29, 1.82) is 0 Å². The molecule has 4 aromatic carbocycles. The molecule has 0 aromatic heterocycles. The molecule has 3 N–H and O–H groups in total. The van der Waals surface area contributed by atoms with E-state index in [2.05, 4.69) is 38.5 Å². The fraction of sp³-hybridized carbons (Fsp3) is 0.0645. The molecule has 0 aliphatic rings. The highest BCUT2D eigenvalue weighted by molar-refractivity contribution is 14.1. The minimum absolute atomic E-state index is 0.0306. The Morgan fingerprint density at radius 3 is 2.15 bits per heavy atom. The summed E-state index contributed by atoms with van der Waals surface area (Å²) in [6.07, 6.45) is 1.20. The molecule has 0 spiro atoms. The first-order valence-corrected chi connectivity index (χ1v) is 14.7. The molecule has 0 bridgehead atoms. The number of hydrogen-bond donors (Lipinski definition) is 3. The summed E-state index contributed by atoms with van der Waals surface area (Å²) in [7, 11) is 0. The molecule has 1 atom stereocenters. The van der Waals surface area contributed by atoms with E-state index in [9.17, 15) is 18.8 Å². The van der Waals surface area contributed by atoms with Crippen molar-refractivity contribution in [1.82, 2.24) is 5.32 Å². The fourth-order valence-electron chi connectivity index (χ4n) is 3.59. The van der Waals surface area contributed by atoms with Crippen molar-refractivity contribution in [2.75, 3.05) is 10.6 Å². The lowest BCUT2D eigenvalue weighted by molar-refractivity contribution is -0.115. The van der Waals surface area contributed by atoms with Gasteiger partial charge in [0.2, 0.25) is 5.91 Å². The number of nitrogens with one attached hydrogen (secondary N) is 3. The van der Waals surface area contributed by atoms with Gasteiger partial charge in [0.25, 0.3) is 11.8 Å². The second-order valence-electron chi connectivity index (χ2n) is 8.75. The number of amides is 3. The summed E-state index contributed by atoms with van der Waals surface area (Å²) in [5.74, 6) is -1.98. The van der Waals surface area contributed by atoms with E-state index in [4.69, 9.17) is 11.6 Å². The van der Waals surface area contributed by atoms with Crippen molar-refractivity contribution in [2.45, 2.75) is 17.1 Å². The summed E-state index contributed by atoms with van der Waals surface area (Å²) in [6, 6.07) is 26.9. The maximum atomic E-state index is 14.5. The monoisotopic (exact) mass is 699 g/mol. The topological polar surface area (TPSA) is 87.3 Å². The maximum absolute atomic E-state index is 14.5. The number of rotatable bonds is 9. The summed E-state index contributed by atoms with van der Waals surface area (Å²) < 4.78 is 15.6. The number of halogens is 3. The Morgan fingerprint density at radius 2 is 1.49 bits per heavy atom. The highest BCUT2D eigenvalue weighted by Crippen LogP contribution is 2.26. The van der Waals surface area contributed by atoms with Crippen molar-refractivity contribution < 1.29 is 18.8 Å². The molecule has 0 aliphatic carbocycles. The second-order valence-corrected chi connectivity index (χ2v) is 11.8. The molecule has 0 fully saturated rings. The van der Waals surface area contributed by atoms with Crippen LogP contribution in [0.15, 0.2) is 108 Å². The summed E-state index contributed by atoms with van der Waals surface area (Å²) in [4.78, 5) is 39.5. The Bertz CT molecular complexity index is 1560. The summed E-state index contributed by atoms with van der Waals surface area (Å²) in [5, 5.41) is 7.90.